The van der Waals surface area contributed by atoms with E-state index >= 15 is 0 Å². The van der Waals surface area contributed by atoms with Gasteiger partial charge in [0.2, 0.25) is 18.1 Å². The first-order valence-corrected chi connectivity index (χ1v) is 13.3. The molecule has 3 aliphatic rings. The fourth-order valence-electron chi connectivity index (χ4n) is 5.97. The third-order valence-corrected chi connectivity index (χ3v) is 7.87. The smallest absolute Gasteiger partial charge is 0.310 e. The number of benzene rings is 1. The van der Waals surface area contributed by atoms with Crippen LogP contribution in [0.3, 0.4) is 0 Å². The van der Waals surface area contributed by atoms with Crippen LogP contribution in [0.15, 0.2) is 18.2 Å². The number of hydrogen-bond donors (Lipinski definition) is 2. The molecule has 2 bridgehead atoms. The molecule has 2 heterocycles. The third kappa shape index (κ3) is 5.36. The summed E-state index contributed by atoms with van der Waals surface area (Å²) in [6, 6.07) is 2.99. The SMILES string of the molecule is CCO[C@@H]1OC(=O)CC1NC(=O)[C@@H]1[C@H]2CCC(C2)N1C(=O)[C@@H](NC(=O)c1cccc(OC)c1C)C(C)(C)C. The molecule has 2 unspecified atom stereocenters. The number of likely N-dealkylation sites (tertiary alicyclic amines) is 1. The summed E-state index contributed by atoms with van der Waals surface area (Å²) in [5, 5.41) is 5.88. The summed E-state index contributed by atoms with van der Waals surface area (Å²) >= 11 is 0. The van der Waals surface area contributed by atoms with Gasteiger partial charge < -0.3 is 29.7 Å². The number of nitrogens with zero attached hydrogens (tertiary/aromatic N) is 1. The lowest BCUT2D eigenvalue weighted by atomic mass is 9.84. The lowest BCUT2D eigenvalue weighted by Gasteiger charge is -2.40. The van der Waals surface area contributed by atoms with E-state index in [1.54, 1.807) is 44.1 Å². The number of cyclic esters (lactones) is 1. The summed E-state index contributed by atoms with van der Waals surface area (Å²) in [6.07, 6.45) is 1.57. The normalized spacial score (nSPS) is 27.2. The number of nitrogens with one attached hydrogen (secondary N) is 2. The van der Waals surface area contributed by atoms with Gasteiger partial charge in [-0.25, -0.2) is 0 Å². The highest BCUT2D eigenvalue weighted by Gasteiger charge is 2.54. The van der Waals surface area contributed by atoms with Crippen molar-refractivity contribution in [2.75, 3.05) is 13.7 Å². The number of amides is 3. The molecule has 1 saturated carbocycles. The molecule has 2 aliphatic heterocycles. The second kappa shape index (κ2) is 10.9. The van der Waals surface area contributed by atoms with Crippen LogP contribution in [0.5, 0.6) is 5.75 Å². The van der Waals surface area contributed by atoms with Crippen molar-refractivity contribution >= 4 is 23.7 Å². The van der Waals surface area contributed by atoms with Crippen LogP contribution >= 0.6 is 0 Å². The molecule has 3 fully saturated rings. The minimum Gasteiger partial charge on any atom is -0.496 e. The maximum Gasteiger partial charge on any atom is 0.310 e. The van der Waals surface area contributed by atoms with Gasteiger partial charge in [0.15, 0.2) is 0 Å². The van der Waals surface area contributed by atoms with E-state index < -0.39 is 35.8 Å². The van der Waals surface area contributed by atoms with Crippen molar-refractivity contribution in [2.24, 2.45) is 11.3 Å². The Kier molecular flexibility index (Phi) is 8.01. The molecule has 0 radical (unpaired) electrons. The molecule has 1 aromatic carbocycles. The molecule has 3 amide bonds. The van der Waals surface area contributed by atoms with Crippen molar-refractivity contribution in [3.8, 4) is 5.75 Å². The Morgan fingerprint density at radius 1 is 1.21 bits per heavy atom. The van der Waals surface area contributed by atoms with E-state index in [2.05, 4.69) is 10.6 Å². The minimum absolute atomic E-state index is 0.0180. The Morgan fingerprint density at radius 3 is 2.61 bits per heavy atom. The number of methoxy groups -OCH3 is 1. The summed E-state index contributed by atoms with van der Waals surface area (Å²) < 4.78 is 16.0. The highest BCUT2D eigenvalue weighted by Crippen LogP contribution is 2.44. The van der Waals surface area contributed by atoms with Crippen LogP contribution < -0.4 is 15.4 Å². The fraction of sp³-hybridized carbons (Fsp3) is 0.643. The summed E-state index contributed by atoms with van der Waals surface area (Å²) in [4.78, 5) is 54.6. The van der Waals surface area contributed by atoms with Gasteiger partial charge in [-0.05, 0) is 56.6 Å². The third-order valence-electron chi connectivity index (χ3n) is 7.87. The van der Waals surface area contributed by atoms with Gasteiger partial charge in [0.1, 0.15) is 23.9 Å². The fourth-order valence-corrected chi connectivity index (χ4v) is 5.97. The van der Waals surface area contributed by atoms with E-state index in [9.17, 15) is 19.2 Å². The molecule has 2 N–H and O–H groups in total. The van der Waals surface area contributed by atoms with Crippen LogP contribution in [0.25, 0.3) is 0 Å². The molecule has 6 atom stereocenters. The van der Waals surface area contributed by atoms with Crippen LogP contribution in [-0.2, 0) is 23.9 Å². The zero-order chi connectivity index (χ0) is 27.8. The number of carbonyl (C=O) groups is 4. The quantitative estimate of drug-likeness (QED) is 0.496. The van der Waals surface area contributed by atoms with Gasteiger partial charge in [-0.15, -0.1) is 0 Å². The predicted molar refractivity (Wildman–Crippen MR) is 138 cm³/mol. The molecule has 1 aromatic rings. The highest BCUT2D eigenvalue weighted by molar-refractivity contribution is 6.00. The largest absolute Gasteiger partial charge is 0.496 e. The van der Waals surface area contributed by atoms with Crippen LogP contribution in [0, 0.1) is 18.3 Å². The molecule has 2 saturated heterocycles. The lowest BCUT2D eigenvalue weighted by Crippen LogP contribution is -2.62. The lowest BCUT2D eigenvalue weighted by molar-refractivity contribution is -0.165. The van der Waals surface area contributed by atoms with E-state index in [4.69, 9.17) is 14.2 Å². The Balaban J connectivity index is 1.56. The maximum absolute atomic E-state index is 14.1. The van der Waals surface area contributed by atoms with Gasteiger partial charge in [0.25, 0.3) is 5.91 Å². The van der Waals surface area contributed by atoms with Gasteiger partial charge in [-0.3, -0.25) is 19.2 Å². The summed E-state index contributed by atoms with van der Waals surface area (Å²) in [5.74, 6) is -0.798. The molecule has 0 spiro atoms. The predicted octanol–water partition coefficient (Wildman–Crippen LogP) is 2.32. The maximum atomic E-state index is 14.1. The standard InChI is InChI=1S/C28H39N3O7/c1-7-37-27-19(14-21(32)38-27)29-25(34)22-16-11-12-17(13-16)31(22)26(35)23(28(3,4)5)30-24(33)18-9-8-10-20(36-6)15(18)2/h8-10,16-17,19,22-23,27H,7,11-14H2,1-6H3,(H,29,34)(H,30,33)/t16-,17?,19?,22-,23+,27+/m0/s1. The number of carbonyl (C=O) groups excluding carboxylic acids is 4. The van der Waals surface area contributed by atoms with E-state index in [1.807, 2.05) is 20.8 Å². The van der Waals surface area contributed by atoms with E-state index in [1.165, 1.54) is 0 Å². The molecule has 38 heavy (non-hydrogen) atoms. The molecule has 10 heteroatoms. The summed E-state index contributed by atoms with van der Waals surface area (Å²) in [5.41, 5.74) is 0.493. The number of piperidine rings is 1. The average molecular weight is 530 g/mol. The first-order valence-electron chi connectivity index (χ1n) is 13.3. The zero-order valence-electron chi connectivity index (χ0n) is 23.0. The van der Waals surface area contributed by atoms with Crippen molar-refractivity contribution in [1.82, 2.24) is 15.5 Å². The molecule has 10 nitrogen and oxygen atoms in total. The highest BCUT2D eigenvalue weighted by atomic mass is 16.7. The van der Waals surface area contributed by atoms with Gasteiger partial charge in [0.05, 0.1) is 13.5 Å². The van der Waals surface area contributed by atoms with Crippen molar-refractivity contribution < 1.29 is 33.4 Å². The summed E-state index contributed by atoms with van der Waals surface area (Å²) in [6.45, 7) is 9.61. The number of fused-ring (bicyclic) bond motifs is 2. The van der Waals surface area contributed by atoms with Crippen LogP contribution in [0.2, 0.25) is 0 Å². The Hall–Kier alpha value is -3.14. The van der Waals surface area contributed by atoms with Gasteiger partial charge in [0, 0.05) is 23.8 Å². The monoisotopic (exact) mass is 529 g/mol. The Labute approximate surface area is 223 Å². The average Bonchev–Trinajstić information content (AvgIpc) is 3.56. The van der Waals surface area contributed by atoms with Crippen molar-refractivity contribution in [3.63, 3.8) is 0 Å². The van der Waals surface area contributed by atoms with Crippen molar-refractivity contribution in [2.45, 2.75) is 90.8 Å². The molecule has 1 aliphatic carbocycles. The van der Waals surface area contributed by atoms with Crippen LogP contribution in [0.4, 0.5) is 0 Å². The molecular formula is C28H39N3O7. The van der Waals surface area contributed by atoms with Crippen LogP contribution in [0.1, 0.15) is 69.3 Å². The van der Waals surface area contributed by atoms with Gasteiger partial charge >= 0.3 is 5.97 Å². The first-order chi connectivity index (χ1) is 18.0. The van der Waals surface area contributed by atoms with Gasteiger partial charge in [-0.2, -0.15) is 0 Å². The first kappa shape index (κ1) is 27.9. The Morgan fingerprint density at radius 2 is 1.95 bits per heavy atom. The number of ether oxygens (including phenoxy) is 3. The van der Waals surface area contributed by atoms with E-state index in [-0.39, 0.29) is 36.1 Å². The molecule has 208 valence electrons. The number of esters is 1. The van der Waals surface area contributed by atoms with Gasteiger partial charge in [-0.1, -0.05) is 26.8 Å². The van der Waals surface area contributed by atoms with Crippen LogP contribution in [-0.4, -0.2) is 72.8 Å². The van der Waals surface area contributed by atoms with E-state index in [0.29, 0.717) is 23.5 Å². The minimum atomic E-state index is -0.859. The second-order valence-electron chi connectivity index (χ2n) is 11.5. The van der Waals surface area contributed by atoms with E-state index in [0.717, 1.165) is 19.3 Å². The zero-order valence-corrected chi connectivity index (χ0v) is 23.0. The van der Waals surface area contributed by atoms with Crippen molar-refractivity contribution in [1.29, 1.82) is 0 Å². The molecule has 0 aromatic heterocycles. The number of rotatable bonds is 8. The topological polar surface area (TPSA) is 123 Å². The van der Waals surface area contributed by atoms with Crippen molar-refractivity contribution in [3.05, 3.63) is 29.3 Å². The summed E-state index contributed by atoms with van der Waals surface area (Å²) in [7, 11) is 1.54. The Bertz CT molecular complexity index is 1100. The number of hydrogen-bond acceptors (Lipinski definition) is 7. The molecule has 4 rings (SSSR count). The second-order valence-corrected chi connectivity index (χ2v) is 11.5. The molecular weight excluding hydrogens is 490 g/mol.